The van der Waals surface area contributed by atoms with Gasteiger partial charge in [0.2, 0.25) is 0 Å². The van der Waals surface area contributed by atoms with Crippen molar-refractivity contribution in [3.8, 4) is 0 Å². The summed E-state index contributed by atoms with van der Waals surface area (Å²) >= 11 is 0. The molecule has 1 saturated heterocycles. The van der Waals surface area contributed by atoms with E-state index >= 15 is 0 Å². The molecule has 4 N–H and O–H groups in total. The molecule has 1 aliphatic heterocycles. The van der Waals surface area contributed by atoms with Gasteiger partial charge in [-0.15, -0.1) is 0 Å². The molecule has 6 nitrogen and oxygen atoms in total. The Bertz CT molecular complexity index is 551. The van der Waals surface area contributed by atoms with Gasteiger partial charge in [-0.05, 0) is 32.1 Å². The molecule has 1 heterocycles. The first-order valence-corrected chi connectivity index (χ1v) is 9.98. The van der Waals surface area contributed by atoms with Gasteiger partial charge in [0, 0.05) is 12.8 Å². The molecule has 0 bridgehead atoms. The quantitative estimate of drug-likeness (QED) is 0.358. The topological polar surface area (TPSA) is 107 Å². The van der Waals surface area contributed by atoms with Gasteiger partial charge in [0.15, 0.2) is 0 Å². The predicted octanol–water partition coefficient (Wildman–Crippen LogP) is 2.90. The van der Waals surface area contributed by atoms with Crippen LogP contribution >= 0.6 is 0 Å². The lowest BCUT2D eigenvalue weighted by atomic mass is 10.0. The number of aliphatic carboxylic acids is 1. The Morgan fingerprint density at radius 2 is 1.86 bits per heavy atom. The molecule has 0 saturated carbocycles. The standard InChI is InChI=1S/C22H34O6/c1-2-3-8-12-20-19(25)16-21(28-20)18(24)15-14-17(23)11-9-6-4-5-7-10-13-22(26)27/h3,5-9,14-15,17-21,23-25H,2,4,10-13,16H2,1H3,(H,26,27)/b7-5-,8-3-,9-6-,15-14+/t17-,18+,19-,20+,21+/m1/s1. The predicted molar refractivity (Wildman–Crippen MR) is 109 cm³/mol. The van der Waals surface area contributed by atoms with Crippen LogP contribution in [0.15, 0.2) is 48.6 Å². The number of rotatable bonds is 13. The van der Waals surface area contributed by atoms with Gasteiger partial charge < -0.3 is 25.2 Å². The van der Waals surface area contributed by atoms with Crippen LogP contribution in [0.1, 0.15) is 51.9 Å². The van der Waals surface area contributed by atoms with Crippen LogP contribution in [-0.2, 0) is 9.53 Å². The summed E-state index contributed by atoms with van der Waals surface area (Å²) in [6.07, 6.45) is 15.3. The lowest BCUT2D eigenvalue weighted by Crippen LogP contribution is -2.24. The number of hydrogen-bond donors (Lipinski definition) is 4. The first kappa shape index (κ1) is 24.3. The van der Waals surface area contributed by atoms with Crippen molar-refractivity contribution in [3.63, 3.8) is 0 Å². The Hall–Kier alpha value is -1.73. The van der Waals surface area contributed by atoms with E-state index in [-0.39, 0.29) is 12.5 Å². The molecule has 28 heavy (non-hydrogen) atoms. The van der Waals surface area contributed by atoms with Crippen LogP contribution in [0.3, 0.4) is 0 Å². The Morgan fingerprint density at radius 3 is 2.57 bits per heavy atom. The summed E-state index contributed by atoms with van der Waals surface area (Å²) in [5.41, 5.74) is 0. The summed E-state index contributed by atoms with van der Waals surface area (Å²) in [6.45, 7) is 2.04. The summed E-state index contributed by atoms with van der Waals surface area (Å²) in [4.78, 5) is 10.4. The minimum atomic E-state index is -0.870. The summed E-state index contributed by atoms with van der Waals surface area (Å²) in [7, 11) is 0. The van der Waals surface area contributed by atoms with E-state index in [1.807, 2.05) is 43.4 Å². The van der Waals surface area contributed by atoms with Crippen molar-refractivity contribution in [1.82, 2.24) is 0 Å². The van der Waals surface area contributed by atoms with Gasteiger partial charge in [0.05, 0.1) is 30.5 Å². The fourth-order valence-corrected chi connectivity index (χ4v) is 2.87. The van der Waals surface area contributed by atoms with E-state index in [4.69, 9.17) is 9.84 Å². The molecule has 0 aromatic carbocycles. The number of carbonyl (C=O) groups is 1. The molecule has 1 rings (SSSR count). The highest BCUT2D eigenvalue weighted by Gasteiger charge is 2.36. The van der Waals surface area contributed by atoms with E-state index in [1.165, 1.54) is 12.2 Å². The van der Waals surface area contributed by atoms with Crippen molar-refractivity contribution >= 4 is 5.97 Å². The van der Waals surface area contributed by atoms with Crippen molar-refractivity contribution in [1.29, 1.82) is 0 Å². The van der Waals surface area contributed by atoms with Crippen molar-refractivity contribution in [2.75, 3.05) is 0 Å². The first-order chi connectivity index (χ1) is 13.4. The summed E-state index contributed by atoms with van der Waals surface area (Å²) in [6, 6.07) is 0. The number of carboxylic acids is 1. The number of aliphatic hydroxyl groups is 3. The second kappa shape index (κ2) is 14.3. The molecule has 0 spiro atoms. The van der Waals surface area contributed by atoms with E-state index < -0.39 is 30.4 Å². The third-order valence-corrected chi connectivity index (χ3v) is 4.44. The van der Waals surface area contributed by atoms with Gasteiger partial charge in [-0.3, -0.25) is 4.79 Å². The SMILES string of the molecule is CC/C=C\C[C@@H]1O[C@H]([C@@H](O)/C=C/[C@H](O)C/C=C\C/C=C\CCC(=O)O)C[C@H]1O. The van der Waals surface area contributed by atoms with Gasteiger partial charge in [0.25, 0.3) is 0 Å². The number of hydrogen-bond acceptors (Lipinski definition) is 5. The minimum absolute atomic E-state index is 0.129. The molecular formula is C22H34O6. The van der Waals surface area contributed by atoms with Crippen LogP contribution in [0, 0.1) is 0 Å². The zero-order valence-corrected chi connectivity index (χ0v) is 16.6. The number of allylic oxidation sites excluding steroid dienone is 4. The minimum Gasteiger partial charge on any atom is -0.481 e. The second-order valence-corrected chi connectivity index (χ2v) is 6.92. The fraction of sp³-hybridized carbons (Fsp3) is 0.591. The molecule has 5 atom stereocenters. The molecule has 1 aliphatic rings. The first-order valence-electron chi connectivity index (χ1n) is 9.98. The highest BCUT2D eigenvalue weighted by molar-refractivity contribution is 5.66. The monoisotopic (exact) mass is 394 g/mol. The zero-order chi connectivity index (χ0) is 20.8. The number of carboxylic acid groups (broad SMARTS) is 1. The van der Waals surface area contributed by atoms with Crippen LogP contribution in [0.5, 0.6) is 0 Å². The smallest absolute Gasteiger partial charge is 0.303 e. The molecule has 0 aromatic heterocycles. The highest BCUT2D eigenvalue weighted by atomic mass is 16.5. The van der Waals surface area contributed by atoms with Gasteiger partial charge in [-0.2, -0.15) is 0 Å². The van der Waals surface area contributed by atoms with Crippen molar-refractivity contribution in [2.24, 2.45) is 0 Å². The third kappa shape index (κ3) is 10.6. The summed E-state index contributed by atoms with van der Waals surface area (Å²) < 4.78 is 5.73. The van der Waals surface area contributed by atoms with Crippen LogP contribution in [0.4, 0.5) is 0 Å². The molecule has 0 unspecified atom stereocenters. The third-order valence-electron chi connectivity index (χ3n) is 4.44. The second-order valence-electron chi connectivity index (χ2n) is 6.92. The average Bonchev–Trinajstić information content (AvgIpc) is 3.02. The zero-order valence-electron chi connectivity index (χ0n) is 16.6. The van der Waals surface area contributed by atoms with Gasteiger partial charge in [-0.1, -0.05) is 55.5 Å². The maximum atomic E-state index is 10.4. The molecule has 158 valence electrons. The van der Waals surface area contributed by atoms with E-state index in [2.05, 4.69) is 0 Å². The maximum Gasteiger partial charge on any atom is 0.303 e. The molecule has 0 radical (unpaired) electrons. The van der Waals surface area contributed by atoms with E-state index in [0.29, 0.717) is 32.1 Å². The van der Waals surface area contributed by atoms with Crippen molar-refractivity contribution in [2.45, 2.75) is 82.4 Å². The Kier molecular flexibility index (Phi) is 12.4. The van der Waals surface area contributed by atoms with Crippen LogP contribution in [-0.4, -0.2) is 56.9 Å². The molecule has 0 aromatic rings. The molecule has 0 aliphatic carbocycles. The highest BCUT2D eigenvalue weighted by Crippen LogP contribution is 2.26. The van der Waals surface area contributed by atoms with E-state index in [0.717, 1.165) is 6.42 Å². The average molecular weight is 395 g/mol. The summed E-state index contributed by atoms with van der Waals surface area (Å²) in [5, 5.41) is 38.7. The fourth-order valence-electron chi connectivity index (χ4n) is 2.87. The lowest BCUT2D eigenvalue weighted by molar-refractivity contribution is -0.136. The van der Waals surface area contributed by atoms with E-state index in [1.54, 1.807) is 0 Å². The normalized spacial score (nSPS) is 25.5. The number of aliphatic hydroxyl groups excluding tert-OH is 3. The molecule has 0 amide bonds. The molecule has 6 heteroatoms. The maximum absolute atomic E-state index is 10.4. The van der Waals surface area contributed by atoms with Crippen LogP contribution in [0.25, 0.3) is 0 Å². The Balaban J connectivity index is 2.28. The Labute approximate surface area is 167 Å². The number of ether oxygens (including phenoxy) is 1. The van der Waals surface area contributed by atoms with Crippen molar-refractivity contribution < 1.29 is 30.0 Å². The van der Waals surface area contributed by atoms with E-state index in [9.17, 15) is 20.1 Å². The largest absolute Gasteiger partial charge is 0.481 e. The van der Waals surface area contributed by atoms with Crippen LogP contribution in [0.2, 0.25) is 0 Å². The van der Waals surface area contributed by atoms with Crippen LogP contribution < -0.4 is 0 Å². The van der Waals surface area contributed by atoms with Gasteiger partial charge in [0.1, 0.15) is 0 Å². The van der Waals surface area contributed by atoms with Gasteiger partial charge in [-0.25, -0.2) is 0 Å². The van der Waals surface area contributed by atoms with Gasteiger partial charge >= 0.3 is 5.97 Å². The van der Waals surface area contributed by atoms with Crippen molar-refractivity contribution in [3.05, 3.63) is 48.6 Å². The lowest BCUT2D eigenvalue weighted by Gasteiger charge is -2.16. The molecule has 1 fully saturated rings. The summed E-state index contributed by atoms with van der Waals surface area (Å²) in [5.74, 6) is -0.807. The Morgan fingerprint density at radius 1 is 1.11 bits per heavy atom. The molecular weight excluding hydrogens is 360 g/mol.